The lowest BCUT2D eigenvalue weighted by molar-refractivity contribution is -0.120. The second kappa shape index (κ2) is 7.80. The van der Waals surface area contributed by atoms with E-state index >= 15 is 0 Å². The van der Waals surface area contributed by atoms with Crippen molar-refractivity contribution in [2.75, 3.05) is 0 Å². The van der Waals surface area contributed by atoms with E-state index in [-0.39, 0.29) is 5.91 Å². The number of hydrogen-bond donors (Lipinski definition) is 1. The Hall–Kier alpha value is -2.68. The maximum absolute atomic E-state index is 11.7. The minimum absolute atomic E-state index is 0.120. The SMILES string of the molecule is CC(/C=N\NC(=O)Cc1ccccc1)=C/c1ccccc1. The number of nitrogens with zero attached hydrogens (tertiary/aromatic N) is 1. The van der Waals surface area contributed by atoms with Crippen LogP contribution in [0.4, 0.5) is 0 Å². The van der Waals surface area contributed by atoms with Gasteiger partial charge in [-0.2, -0.15) is 5.10 Å². The quantitative estimate of drug-likeness (QED) is 0.660. The van der Waals surface area contributed by atoms with Crippen molar-refractivity contribution < 1.29 is 4.79 Å². The first-order valence-electron chi connectivity index (χ1n) is 6.83. The van der Waals surface area contributed by atoms with Crippen LogP contribution in [0, 0.1) is 0 Å². The van der Waals surface area contributed by atoms with Crippen LogP contribution in [-0.4, -0.2) is 12.1 Å². The fraction of sp³-hybridized carbons (Fsp3) is 0.111. The number of hydrogen-bond acceptors (Lipinski definition) is 2. The second-order valence-electron chi connectivity index (χ2n) is 4.75. The molecule has 0 heterocycles. The summed E-state index contributed by atoms with van der Waals surface area (Å²) in [6, 6.07) is 19.6. The third-order valence-corrected chi connectivity index (χ3v) is 2.86. The van der Waals surface area contributed by atoms with E-state index in [0.717, 1.165) is 16.7 Å². The molecule has 0 aliphatic heterocycles. The van der Waals surface area contributed by atoms with E-state index in [2.05, 4.69) is 10.5 Å². The average molecular weight is 278 g/mol. The zero-order chi connectivity index (χ0) is 14.9. The van der Waals surface area contributed by atoms with Crippen LogP contribution in [0.2, 0.25) is 0 Å². The smallest absolute Gasteiger partial charge is 0.244 e. The van der Waals surface area contributed by atoms with E-state index in [1.54, 1.807) is 6.21 Å². The molecule has 3 nitrogen and oxygen atoms in total. The van der Waals surface area contributed by atoms with Crippen molar-refractivity contribution >= 4 is 18.2 Å². The number of rotatable bonds is 5. The number of amides is 1. The third kappa shape index (κ3) is 5.45. The molecule has 0 radical (unpaired) electrons. The predicted octanol–water partition coefficient (Wildman–Crippen LogP) is 3.43. The first-order chi connectivity index (χ1) is 10.2. The molecular weight excluding hydrogens is 260 g/mol. The molecule has 1 amide bonds. The molecule has 106 valence electrons. The topological polar surface area (TPSA) is 41.5 Å². The highest BCUT2D eigenvalue weighted by atomic mass is 16.2. The summed E-state index contributed by atoms with van der Waals surface area (Å²) in [5.41, 5.74) is 5.59. The number of allylic oxidation sites excluding steroid dienone is 1. The molecule has 3 heteroatoms. The van der Waals surface area contributed by atoms with Crippen molar-refractivity contribution in [2.45, 2.75) is 13.3 Å². The molecule has 0 atom stereocenters. The summed E-state index contributed by atoms with van der Waals surface area (Å²) in [5, 5.41) is 3.97. The van der Waals surface area contributed by atoms with Gasteiger partial charge in [-0.15, -0.1) is 0 Å². The van der Waals surface area contributed by atoms with Crippen molar-refractivity contribution in [3.8, 4) is 0 Å². The Morgan fingerprint density at radius 1 is 1.05 bits per heavy atom. The fourth-order valence-corrected chi connectivity index (χ4v) is 1.88. The maximum Gasteiger partial charge on any atom is 0.244 e. The zero-order valence-electron chi connectivity index (χ0n) is 12.0. The Morgan fingerprint density at radius 3 is 2.33 bits per heavy atom. The van der Waals surface area contributed by atoms with Gasteiger partial charge in [-0.05, 0) is 23.6 Å². The summed E-state index contributed by atoms with van der Waals surface area (Å²) in [5.74, 6) is -0.120. The molecule has 0 bridgehead atoms. The predicted molar refractivity (Wildman–Crippen MR) is 86.9 cm³/mol. The summed E-state index contributed by atoms with van der Waals surface area (Å²) in [6.07, 6.45) is 3.99. The van der Waals surface area contributed by atoms with E-state index in [4.69, 9.17) is 0 Å². The Balaban J connectivity index is 1.84. The minimum atomic E-state index is -0.120. The van der Waals surface area contributed by atoms with E-state index in [9.17, 15) is 4.79 Å². The summed E-state index contributed by atoms with van der Waals surface area (Å²) in [6.45, 7) is 1.94. The monoisotopic (exact) mass is 278 g/mol. The van der Waals surface area contributed by atoms with Crippen LogP contribution < -0.4 is 5.43 Å². The molecule has 0 saturated carbocycles. The van der Waals surface area contributed by atoms with E-state index in [0.29, 0.717) is 6.42 Å². The van der Waals surface area contributed by atoms with Crippen LogP contribution in [0.1, 0.15) is 18.1 Å². The van der Waals surface area contributed by atoms with Crippen LogP contribution in [0.5, 0.6) is 0 Å². The molecule has 2 aromatic rings. The Bertz CT molecular complexity index is 631. The summed E-state index contributed by atoms with van der Waals surface area (Å²) >= 11 is 0. The Labute approximate surface area is 125 Å². The molecule has 21 heavy (non-hydrogen) atoms. The van der Waals surface area contributed by atoms with Gasteiger partial charge in [0.05, 0.1) is 12.6 Å². The van der Waals surface area contributed by atoms with Crippen LogP contribution in [0.15, 0.2) is 71.3 Å². The molecule has 0 fully saturated rings. The van der Waals surface area contributed by atoms with Crippen LogP contribution in [0.25, 0.3) is 6.08 Å². The maximum atomic E-state index is 11.7. The summed E-state index contributed by atoms with van der Waals surface area (Å²) in [4.78, 5) is 11.7. The van der Waals surface area contributed by atoms with Gasteiger partial charge in [0.15, 0.2) is 0 Å². The fourth-order valence-electron chi connectivity index (χ4n) is 1.88. The second-order valence-corrected chi connectivity index (χ2v) is 4.75. The average Bonchev–Trinajstić information content (AvgIpc) is 2.49. The number of carbonyl (C=O) groups is 1. The lowest BCUT2D eigenvalue weighted by Crippen LogP contribution is -2.19. The molecule has 0 spiro atoms. The van der Waals surface area contributed by atoms with Crippen molar-refractivity contribution in [3.05, 3.63) is 77.4 Å². The van der Waals surface area contributed by atoms with Gasteiger partial charge >= 0.3 is 0 Å². The van der Waals surface area contributed by atoms with E-state index < -0.39 is 0 Å². The number of benzene rings is 2. The van der Waals surface area contributed by atoms with Crippen molar-refractivity contribution in [1.82, 2.24) is 5.43 Å². The van der Waals surface area contributed by atoms with Gasteiger partial charge in [-0.25, -0.2) is 5.43 Å². The molecule has 0 saturated heterocycles. The Morgan fingerprint density at radius 2 is 1.67 bits per heavy atom. The minimum Gasteiger partial charge on any atom is -0.273 e. The molecule has 0 unspecified atom stereocenters. The first kappa shape index (κ1) is 14.7. The van der Waals surface area contributed by atoms with Gasteiger partial charge in [0, 0.05) is 0 Å². The molecule has 0 aromatic heterocycles. The van der Waals surface area contributed by atoms with Gasteiger partial charge < -0.3 is 0 Å². The number of hydrazone groups is 1. The summed E-state index contributed by atoms with van der Waals surface area (Å²) < 4.78 is 0. The van der Waals surface area contributed by atoms with Crippen LogP contribution >= 0.6 is 0 Å². The van der Waals surface area contributed by atoms with E-state index in [1.807, 2.05) is 73.7 Å². The molecule has 0 aliphatic rings. The molecule has 2 aromatic carbocycles. The lowest BCUT2D eigenvalue weighted by Gasteiger charge is -2.00. The number of nitrogens with one attached hydrogen (secondary N) is 1. The van der Waals surface area contributed by atoms with Gasteiger partial charge in [-0.3, -0.25) is 4.79 Å². The van der Waals surface area contributed by atoms with Crippen LogP contribution in [0.3, 0.4) is 0 Å². The third-order valence-electron chi connectivity index (χ3n) is 2.86. The van der Waals surface area contributed by atoms with Gasteiger partial charge in [-0.1, -0.05) is 66.7 Å². The van der Waals surface area contributed by atoms with Crippen molar-refractivity contribution in [2.24, 2.45) is 5.10 Å². The highest BCUT2D eigenvalue weighted by Gasteiger charge is 2.00. The lowest BCUT2D eigenvalue weighted by atomic mass is 10.1. The molecule has 0 aliphatic carbocycles. The van der Waals surface area contributed by atoms with Crippen molar-refractivity contribution in [3.63, 3.8) is 0 Å². The molecular formula is C18H18N2O. The molecule has 2 rings (SSSR count). The van der Waals surface area contributed by atoms with Gasteiger partial charge in [0.25, 0.3) is 0 Å². The molecule has 1 N–H and O–H groups in total. The largest absolute Gasteiger partial charge is 0.273 e. The summed E-state index contributed by atoms with van der Waals surface area (Å²) in [7, 11) is 0. The highest BCUT2D eigenvalue weighted by molar-refractivity contribution is 5.86. The highest BCUT2D eigenvalue weighted by Crippen LogP contribution is 2.04. The zero-order valence-corrected chi connectivity index (χ0v) is 12.0. The number of carbonyl (C=O) groups excluding carboxylic acids is 1. The first-order valence-corrected chi connectivity index (χ1v) is 6.83. The van der Waals surface area contributed by atoms with Gasteiger partial charge in [0.2, 0.25) is 5.91 Å². The Kier molecular flexibility index (Phi) is 5.47. The van der Waals surface area contributed by atoms with Crippen molar-refractivity contribution in [1.29, 1.82) is 0 Å². The van der Waals surface area contributed by atoms with E-state index in [1.165, 1.54) is 0 Å². The standard InChI is InChI=1S/C18H18N2O/c1-15(12-16-8-4-2-5-9-16)14-19-20-18(21)13-17-10-6-3-7-11-17/h2-12,14H,13H2,1H3,(H,20,21)/b15-12-,19-14-. The normalized spacial score (nSPS) is 11.6. The van der Waals surface area contributed by atoms with Crippen LogP contribution in [-0.2, 0) is 11.2 Å². The van der Waals surface area contributed by atoms with Gasteiger partial charge in [0.1, 0.15) is 0 Å².